The third kappa shape index (κ3) is 57.9. The Kier molecular flexibility index (Phi) is 60.9. The predicted octanol–water partition coefficient (Wildman–Crippen LogP) is 20.8. The zero-order valence-electron chi connectivity index (χ0n) is 48.9. The maximum absolute atomic E-state index is 12.5. The Hall–Kier alpha value is -1.40. The summed E-state index contributed by atoms with van der Waals surface area (Å²) in [5.74, 6) is -0.0447. The molecule has 0 aliphatic carbocycles. The third-order valence-corrected chi connectivity index (χ3v) is 15.6. The monoisotopic (exact) mass is 1020 g/mol. The zero-order chi connectivity index (χ0) is 52.2. The van der Waals surface area contributed by atoms with E-state index in [2.05, 4.69) is 31.3 Å². The minimum absolute atomic E-state index is 0.00576. The first-order chi connectivity index (χ1) is 35.5. The number of nitrogens with one attached hydrogen (secondary N) is 1. The van der Waals surface area contributed by atoms with Crippen LogP contribution >= 0.6 is 0 Å². The second-order valence-electron chi connectivity index (χ2n) is 22.8. The molecule has 2 atom stereocenters. The molecule has 0 aliphatic heterocycles. The van der Waals surface area contributed by atoms with Gasteiger partial charge in [0.15, 0.2) is 0 Å². The number of carbonyl (C=O) groups is 2. The van der Waals surface area contributed by atoms with E-state index in [0.29, 0.717) is 25.9 Å². The van der Waals surface area contributed by atoms with Gasteiger partial charge in [-0.1, -0.05) is 321 Å². The summed E-state index contributed by atoms with van der Waals surface area (Å²) in [6, 6.07) is -0.549. The summed E-state index contributed by atoms with van der Waals surface area (Å²) >= 11 is 0. The van der Waals surface area contributed by atoms with Gasteiger partial charge in [-0.15, -0.1) is 0 Å². The van der Waals surface area contributed by atoms with Crippen molar-refractivity contribution in [1.82, 2.24) is 5.32 Å². The quantitative estimate of drug-likeness (QED) is 0.0320. The smallest absolute Gasteiger partial charge is 0.305 e. The Balaban J connectivity index is 3.42. The third-order valence-electron chi connectivity index (χ3n) is 15.6. The van der Waals surface area contributed by atoms with Crippen molar-refractivity contribution in [2.24, 2.45) is 0 Å². The summed E-state index contributed by atoms with van der Waals surface area (Å²) in [4.78, 5) is 24.6. The molecule has 6 heteroatoms. The van der Waals surface area contributed by atoms with Crippen LogP contribution in [-0.2, 0) is 14.3 Å². The van der Waals surface area contributed by atoms with E-state index < -0.39 is 12.1 Å². The molecule has 72 heavy (non-hydrogen) atoms. The van der Waals surface area contributed by atoms with E-state index in [1.54, 1.807) is 0 Å². The molecule has 3 N–H and O–H groups in total. The number of esters is 1. The van der Waals surface area contributed by atoms with E-state index in [9.17, 15) is 19.8 Å². The lowest BCUT2D eigenvalue weighted by atomic mass is 10.0. The van der Waals surface area contributed by atoms with Crippen LogP contribution in [0.3, 0.4) is 0 Å². The van der Waals surface area contributed by atoms with Crippen LogP contribution in [0.2, 0.25) is 0 Å². The molecule has 0 aliphatic rings. The van der Waals surface area contributed by atoms with Gasteiger partial charge in [-0.25, -0.2) is 0 Å². The first kappa shape index (κ1) is 70.6. The molecule has 1 amide bonds. The molecule has 0 fully saturated rings. The summed E-state index contributed by atoms with van der Waals surface area (Å²) in [5.41, 5.74) is 0. The fourth-order valence-corrected chi connectivity index (χ4v) is 10.5. The van der Waals surface area contributed by atoms with Crippen molar-refractivity contribution in [3.05, 3.63) is 12.2 Å². The molecule has 0 spiro atoms. The summed E-state index contributed by atoms with van der Waals surface area (Å²) in [7, 11) is 0. The molecule has 0 bridgehead atoms. The molecule has 0 aromatic heterocycles. The van der Waals surface area contributed by atoms with Gasteiger partial charge < -0.3 is 20.3 Å². The maximum atomic E-state index is 12.5. The van der Waals surface area contributed by atoms with E-state index in [1.807, 2.05) is 0 Å². The topological polar surface area (TPSA) is 95.9 Å². The summed E-state index contributed by atoms with van der Waals surface area (Å²) in [6.07, 6.45) is 75.1. The maximum Gasteiger partial charge on any atom is 0.305 e. The number of hydrogen-bond acceptors (Lipinski definition) is 5. The highest BCUT2D eigenvalue weighted by Crippen LogP contribution is 2.19. The molecule has 0 heterocycles. The molecule has 2 unspecified atom stereocenters. The van der Waals surface area contributed by atoms with Crippen molar-refractivity contribution in [3.63, 3.8) is 0 Å². The van der Waals surface area contributed by atoms with Crippen LogP contribution in [0.4, 0.5) is 0 Å². The Morgan fingerprint density at radius 1 is 0.375 bits per heavy atom. The van der Waals surface area contributed by atoms with Gasteiger partial charge in [-0.2, -0.15) is 0 Å². The normalized spacial score (nSPS) is 12.6. The van der Waals surface area contributed by atoms with Gasteiger partial charge in [-0.3, -0.25) is 9.59 Å². The largest absolute Gasteiger partial charge is 0.466 e. The average Bonchev–Trinajstić information content (AvgIpc) is 3.38. The Labute approximate surface area is 450 Å². The lowest BCUT2D eigenvalue weighted by molar-refractivity contribution is -0.143. The number of aliphatic hydroxyl groups is 2. The molecule has 0 rings (SSSR count). The lowest BCUT2D eigenvalue weighted by Crippen LogP contribution is -2.45. The van der Waals surface area contributed by atoms with Gasteiger partial charge in [0, 0.05) is 12.8 Å². The SMILES string of the molecule is CCCCCCCC/C=C\CCCCCCCC(=O)OCCCCCCCCCCCCCCCCCC(=O)NC(CO)C(O)CCCCCCCCCCCCCCCCCCCCCCCCCCC. The highest BCUT2D eigenvalue weighted by molar-refractivity contribution is 5.76. The van der Waals surface area contributed by atoms with Gasteiger partial charge in [0.05, 0.1) is 25.4 Å². The van der Waals surface area contributed by atoms with Crippen molar-refractivity contribution < 1.29 is 24.5 Å². The van der Waals surface area contributed by atoms with Gasteiger partial charge in [0.1, 0.15) is 0 Å². The highest BCUT2D eigenvalue weighted by atomic mass is 16.5. The molecule has 0 saturated heterocycles. The standard InChI is InChI=1S/C66H129NO5/c1-3-5-7-9-11-13-15-17-19-20-21-22-23-24-25-26-27-28-31-34-38-42-46-50-54-58-64(69)63(62-68)67-65(70)59-55-51-47-43-39-35-32-29-33-37-41-45-49-53-57-61-72-66(71)60-56-52-48-44-40-36-30-18-16-14-12-10-8-6-4-2/h18,30,63-64,68-69H,3-17,19-29,31-62H2,1-2H3,(H,67,70)/b30-18-. The fourth-order valence-electron chi connectivity index (χ4n) is 10.5. The number of ether oxygens (including phenoxy) is 1. The van der Waals surface area contributed by atoms with Crippen molar-refractivity contribution >= 4 is 11.9 Å². The molecule has 6 nitrogen and oxygen atoms in total. The average molecular weight is 1020 g/mol. The molecule has 0 aromatic carbocycles. The van der Waals surface area contributed by atoms with Gasteiger partial charge in [0.25, 0.3) is 0 Å². The summed E-state index contributed by atoms with van der Waals surface area (Å²) < 4.78 is 5.48. The lowest BCUT2D eigenvalue weighted by Gasteiger charge is -2.22. The Bertz CT molecular complexity index is 1080. The van der Waals surface area contributed by atoms with Crippen LogP contribution in [0.1, 0.15) is 373 Å². The van der Waals surface area contributed by atoms with Crippen LogP contribution in [0.5, 0.6) is 0 Å². The van der Waals surface area contributed by atoms with Gasteiger partial charge in [-0.05, 0) is 51.4 Å². The second kappa shape index (κ2) is 62.1. The number of aliphatic hydroxyl groups excluding tert-OH is 2. The molecular weight excluding hydrogens is 887 g/mol. The van der Waals surface area contributed by atoms with Crippen molar-refractivity contribution in [3.8, 4) is 0 Å². The Morgan fingerprint density at radius 3 is 0.986 bits per heavy atom. The zero-order valence-corrected chi connectivity index (χ0v) is 48.9. The number of carbonyl (C=O) groups excluding carboxylic acids is 2. The van der Waals surface area contributed by atoms with Gasteiger partial charge in [0.2, 0.25) is 5.91 Å². The van der Waals surface area contributed by atoms with E-state index in [4.69, 9.17) is 4.74 Å². The summed E-state index contributed by atoms with van der Waals surface area (Å²) in [5, 5.41) is 23.4. The Morgan fingerprint density at radius 2 is 0.653 bits per heavy atom. The van der Waals surface area contributed by atoms with E-state index in [1.165, 1.54) is 289 Å². The number of hydrogen-bond donors (Lipinski definition) is 3. The highest BCUT2D eigenvalue weighted by Gasteiger charge is 2.20. The molecule has 0 saturated carbocycles. The predicted molar refractivity (Wildman–Crippen MR) is 315 cm³/mol. The number of rotatable bonds is 62. The molecular formula is C66H129NO5. The summed E-state index contributed by atoms with van der Waals surface area (Å²) in [6.45, 7) is 4.96. The molecule has 0 aromatic rings. The fraction of sp³-hybridized carbons (Fsp3) is 0.939. The second-order valence-corrected chi connectivity index (χ2v) is 22.8. The van der Waals surface area contributed by atoms with Crippen molar-refractivity contribution in [2.75, 3.05) is 13.2 Å². The van der Waals surface area contributed by atoms with E-state index in [0.717, 1.165) is 51.4 Å². The van der Waals surface area contributed by atoms with E-state index in [-0.39, 0.29) is 18.5 Å². The minimum Gasteiger partial charge on any atom is -0.466 e. The van der Waals surface area contributed by atoms with Crippen LogP contribution < -0.4 is 5.32 Å². The van der Waals surface area contributed by atoms with Crippen molar-refractivity contribution in [1.29, 1.82) is 0 Å². The first-order valence-corrected chi connectivity index (χ1v) is 32.9. The van der Waals surface area contributed by atoms with Gasteiger partial charge >= 0.3 is 5.97 Å². The number of unbranched alkanes of at least 4 members (excludes halogenated alkanes) is 49. The number of amides is 1. The number of allylic oxidation sites excluding steroid dienone is 2. The van der Waals surface area contributed by atoms with Crippen LogP contribution in [0, 0.1) is 0 Å². The van der Waals surface area contributed by atoms with Crippen molar-refractivity contribution in [2.45, 2.75) is 386 Å². The minimum atomic E-state index is -0.671. The molecule has 428 valence electrons. The van der Waals surface area contributed by atoms with Crippen LogP contribution in [0.15, 0.2) is 12.2 Å². The molecule has 0 radical (unpaired) electrons. The first-order valence-electron chi connectivity index (χ1n) is 32.9. The van der Waals surface area contributed by atoms with E-state index >= 15 is 0 Å². The van der Waals surface area contributed by atoms with Crippen LogP contribution in [-0.4, -0.2) is 47.4 Å². The van der Waals surface area contributed by atoms with Crippen LogP contribution in [0.25, 0.3) is 0 Å².